The van der Waals surface area contributed by atoms with Crippen molar-refractivity contribution in [2.75, 3.05) is 13.2 Å². The molecule has 0 aliphatic heterocycles. The maximum absolute atomic E-state index is 11.9. The van der Waals surface area contributed by atoms with Crippen LogP contribution in [0.4, 0.5) is 0 Å². The van der Waals surface area contributed by atoms with Crippen LogP contribution < -0.4 is 10.1 Å². The van der Waals surface area contributed by atoms with Gasteiger partial charge >= 0.3 is 0 Å². The van der Waals surface area contributed by atoms with E-state index in [-0.39, 0.29) is 52.1 Å². The second-order valence-electron chi connectivity index (χ2n) is 8.14. The van der Waals surface area contributed by atoms with Gasteiger partial charge in [0.15, 0.2) is 0 Å². The molecule has 12 heteroatoms. The van der Waals surface area contributed by atoms with Crippen molar-refractivity contribution in [2.24, 2.45) is 0 Å². The predicted molar refractivity (Wildman–Crippen MR) is 133 cm³/mol. The first-order valence-corrected chi connectivity index (χ1v) is 14.1. The molecule has 0 saturated heterocycles. The van der Waals surface area contributed by atoms with Crippen molar-refractivity contribution in [1.29, 1.82) is 0 Å². The Morgan fingerprint density at radius 3 is 2.17 bits per heavy atom. The summed E-state index contributed by atoms with van der Waals surface area (Å²) in [5, 5.41) is 13.3. The molecule has 0 saturated carbocycles. The summed E-state index contributed by atoms with van der Waals surface area (Å²) in [5.74, 6) is 0.0379. The Balaban J connectivity index is 2.45. The van der Waals surface area contributed by atoms with Gasteiger partial charge in [-0.25, -0.2) is 0 Å². The molecule has 2 aromatic carbocycles. The smallest absolute Gasteiger partial charge is 0.294 e. The summed E-state index contributed by atoms with van der Waals surface area (Å²) in [4.78, 5) is 11.3. The monoisotopic (exact) mass is 531 g/mol. The Morgan fingerprint density at radius 1 is 0.971 bits per heavy atom. The van der Waals surface area contributed by atoms with Crippen molar-refractivity contribution < 1.29 is 41.3 Å². The van der Waals surface area contributed by atoms with Crippen LogP contribution in [-0.2, 0) is 27.8 Å². The Hall–Kier alpha value is -2.35. The molecule has 0 aromatic heterocycles. The van der Waals surface area contributed by atoms with Crippen molar-refractivity contribution >= 4 is 26.9 Å². The molecule has 1 amide bonds. The zero-order valence-electron chi connectivity index (χ0n) is 19.9. The van der Waals surface area contributed by atoms with Crippen LogP contribution >= 0.6 is 10.9 Å². The Morgan fingerprint density at radius 2 is 1.60 bits per heavy atom. The fourth-order valence-corrected chi connectivity index (χ4v) is 4.75. The number of hydrogen-bond donors (Lipinski definition) is 6. The van der Waals surface area contributed by atoms with Gasteiger partial charge in [0, 0.05) is 18.4 Å². The molecule has 2 rings (SSSR count). The van der Waals surface area contributed by atoms with Crippen LogP contribution in [0.1, 0.15) is 55.4 Å². The Labute approximate surface area is 207 Å². The van der Waals surface area contributed by atoms with Gasteiger partial charge in [0.1, 0.15) is 29.0 Å². The third-order valence-electron chi connectivity index (χ3n) is 5.37. The average molecular weight is 532 g/mol. The van der Waals surface area contributed by atoms with Crippen LogP contribution in [0, 0.1) is 6.92 Å². The standard InChI is InChI=1S/C23H33NO9S2/c1-4-6-7-21(25)24-8-9-33-23-16(5-2)12-20(35(30,31)32)14-18(23)11-17-13-19(34(27,28)29)10-15(3)22(17)26/h10,12-14,26-29H,4-9,11H2,1-3H3,(H,24,25)(H,30,31,32). The Bertz CT molecular complexity index is 1160. The molecule has 0 heterocycles. The van der Waals surface area contributed by atoms with Crippen LogP contribution in [0.2, 0.25) is 0 Å². The van der Waals surface area contributed by atoms with E-state index in [9.17, 15) is 36.5 Å². The van der Waals surface area contributed by atoms with Crippen molar-refractivity contribution in [1.82, 2.24) is 5.32 Å². The quantitative estimate of drug-likeness (QED) is 0.172. The molecule has 196 valence electrons. The first-order chi connectivity index (χ1) is 16.3. The summed E-state index contributed by atoms with van der Waals surface area (Å²) in [7, 11) is -8.62. The number of aryl methyl sites for hydroxylation is 2. The molecule has 10 nitrogen and oxygen atoms in total. The number of rotatable bonds is 12. The second-order valence-corrected chi connectivity index (χ2v) is 11.1. The first-order valence-electron chi connectivity index (χ1n) is 11.1. The SMILES string of the molecule is CCCCC(=O)NCCOc1c(CC)cc(S(=O)(=O)O)cc1Cc1cc(S(O)(O)O)cc(C)c1O. The number of carbonyl (C=O) groups is 1. The summed E-state index contributed by atoms with van der Waals surface area (Å²) in [6.45, 7) is 5.58. The third kappa shape index (κ3) is 8.09. The van der Waals surface area contributed by atoms with E-state index in [4.69, 9.17) is 4.74 Å². The highest BCUT2D eigenvalue weighted by Gasteiger charge is 2.22. The molecule has 0 radical (unpaired) electrons. The minimum Gasteiger partial charge on any atom is -0.507 e. The summed E-state index contributed by atoms with van der Waals surface area (Å²) in [5.41, 5.74) is 1.23. The molecule has 0 aliphatic carbocycles. The normalized spacial score (nSPS) is 12.4. The summed E-state index contributed by atoms with van der Waals surface area (Å²) < 4.78 is 68.3. The fraction of sp³-hybridized carbons (Fsp3) is 0.435. The number of aromatic hydroxyl groups is 1. The van der Waals surface area contributed by atoms with Gasteiger partial charge in [0.05, 0.1) is 16.3 Å². The van der Waals surface area contributed by atoms with E-state index in [2.05, 4.69) is 5.32 Å². The van der Waals surface area contributed by atoms with Gasteiger partial charge in [-0.2, -0.15) is 8.42 Å². The topological polar surface area (TPSA) is 174 Å². The van der Waals surface area contributed by atoms with Crippen molar-refractivity contribution in [2.45, 2.75) is 62.7 Å². The molecule has 2 aromatic rings. The van der Waals surface area contributed by atoms with Gasteiger partial charge in [-0.15, -0.1) is 0 Å². The van der Waals surface area contributed by atoms with E-state index in [1.807, 2.05) is 6.92 Å². The summed E-state index contributed by atoms with van der Waals surface area (Å²) in [6.07, 6.45) is 2.33. The van der Waals surface area contributed by atoms with E-state index in [0.717, 1.165) is 12.8 Å². The molecule has 0 spiro atoms. The molecule has 0 bridgehead atoms. The lowest BCUT2D eigenvalue weighted by molar-refractivity contribution is -0.121. The lowest BCUT2D eigenvalue weighted by Gasteiger charge is -2.22. The molecular weight excluding hydrogens is 498 g/mol. The van der Waals surface area contributed by atoms with Gasteiger partial charge in [-0.3, -0.25) is 9.35 Å². The number of hydrogen-bond acceptors (Lipinski definition) is 8. The molecular formula is C23H33NO9S2. The number of ether oxygens (including phenoxy) is 1. The van der Waals surface area contributed by atoms with E-state index in [1.165, 1.54) is 31.2 Å². The largest absolute Gasteiger partial charge is 0.507 e. The van der Waals surface area contributed by atoms with E-state index in [1.54, 1.807) is 6.92 Å². The van der Waals surface area contributed by atoms with Crippen LogP contribution in [0.15, 0.2) is 34.1 Å². The van der Waals surface area contributed by atoms with E-state index in [0.29, 0.717) is 29.7 Å². The number of amides is 1. The van der Waals surface area contributed by atoms with Crippen LogP contribution in [-0.4, -0.2) is 50.8 Å². The highest BCUT2D eigenvalue weighted by molar-refractivity contribution is 8.19. The number of unbranched alkanes of at least 4 members (excludes halogenated alkanes) is 1. The zero-order chi connectivity index (χ0) is 26.4. The predicted octanol–water partition coefficient (Wildman–Crippen LogP) is 4.37. The van der Waals surface area contributed by atoms with Crippen LogP contribution in [0.5, 0.6) is 11.5 Å². The summed E-state index contributed by atoms with van der Waals surface area (Å²) >= 11 is 0. The minimum absolute atomic E-state index is 0.0886. The van der Waals surface area contributed by atoms with Gasteiger partial charge in [-0.05, 0) is 60.7 Å². The molecule has 0 unspecified atom stereocenters. The maximum Gasteiger partial charge on any atom is 0.294 e. The number of benzene rings is 2. The highest BCUT2D eigenvalue weighted by atomic mass is 32.3. The fourth-order valence-electron chi connectivity index (χ4n) is 3.53. The van der Waals surface area contributed by atoms with Crippen molar-refractivity contribution in [3.63, 3.8) is 0 Å². The molecule has 0 fully saturated rings. The number of phenolic OH excluding ortho intramolecular Hbond substituents is 1. The Kier molecular flexibility index (Phi) is 9.95. The van der Waals surface area contributed by atoms with Crippen LogP contribution in [0.25, 0.3) is 0 Å². The van der Waals surface area contributed by atoms with Gasteiger partial charge in [0.25, 0.3) is 10.1 Å². The maximum atomic E-state index is 11.9. The van der Waals surface area contributed by atoms with E-state index >= 15 is 0 Å². The van der Waals surface area contributed by atoms with Crippen molar-refractivity contribution in [3.05, 3.63) is 46.5 Å². The first kappa shape index (κ1) is 28.9. The van der Waals surface area contributed by atoms with Crippen LogP contribution in [0.3, 0.4) is 0 Å². The zero-order valence-corrected chi connectivity index (χ0v) is 21.6. The summed E-state index contributed by atoms with van der Waals surface area (Å²) in [6, 6.07) is 4.95. The molecule has 0 atom stereocenters. The number of phenols is 1. The average Bonchev–Trinajstić information content (AvgIpc) is 2.77. The van der Waals surface area contributed by atoms with Gasteiger partial charge in [0.2, 0.25) is 5.91 Å². The molecule has 0 aliphatic rings. The lowest BCUT2D eigenvalue weighted by Crippen LogP contribution is -2.28. The third-order valence-corrected chi connectivity index (χ3v) is 7.07. The van der Waals surface area contributed by atoms with Gasteiger partial charge in [-0.1, -0.05) is 20.3 Å². The van der Waals surface area contributed by atoms with E-state index < -0.39 is 21.0 Å². The molecule has 35 heavy (non-hydrogen) atoms. The molecule has 6 N–H and O–H groups in total. The van der Waals surface area contributed by atoms with Crippen molar-refractivity contribution in [3.8, 4) is 11.5 Å². The number of nitrogens with one attached hydrogen (secondary N) is 1. The van der Waals surface area contributed by atoms with Gasteiger partial charge < -0.3 is 28.8 Å². The minimum atomic E-state index is -4.55. The second kappa shape index (κ2) is 12.1. The highest BCUT2D eigenvalue weighted by Crippen LogP contribution is 2.46. The lowest BCUT2D eigenvalue weighted by atomic mass is 9.98. The number of carbonyl (C=O) groups excluding carboxylic acids is 1.